The van der Waals surface area contributed by atoms with Crippen molar-refractivity contribution in [2.45, 2.75) is 132 Å². The second kappa shape index (κ2) is 26.2. The number of para-hydroxylation sites is 1. The Bertz CT molecular complexity index is 5210. The monoisotopic (exact) mass is 1340 g/mol. The molecule has 0 radical (unpaired) electrons. The summed E-state index contributed by atoms with van der Waals surface area (Å²) < 4.78 is 0. The second-order valence-corrected chi connectivity index (χ2v) is 32.9. The Morgan fingerprint density at radius 3 is 0.932 bits per heavy atom. The summed E-state index contributed by atoms with van der Waals surface area (Å²) in [6, 6.07) is 108. The van der Waals surface area contributed by atoms with Gasteiger partial charge in [-0.2, -0.15) is 0 Å². The predicted octanol–water partition coefficient (Wildman–Crippen LogP) is 25.8. The van der Waals surface area contributed by atoms with Gasteiger partial charge in [0, 0.05) is 56.7 Å². The van der Waals surface area contributed by atoms with Crippen molar-refractivity contribution in [1.82, 2.24) is 0 Å². The number of rotatable bonds is 12. The fourth-order valence-electron chi connectivity index (χ4n) is 16.0. The number of nitrogens with zero attached hydrogens (tertiary/aromatic N) is 4. The topological polar surface area (TPSA) is 13.0 Å². The highest BCUT2D eigenvalue weighted by Gasteiger charge is 2.46. The molecule has 0 N–H and O–H groups in total. The summed E-state index contributed by atoms with van der Waals surface area (Å²) in [5, 5.41) is 0. The zero-order chi connectivity index (χ0) is 72.0. The molecule has 2 heterocycles. The molecule has 4 nitrogen and oxygen atoms in total. The van der Waals surface area contributed by atoms with E-state index in [-0.39, 0.29) is 28.4 Å². The van der Waals surface area contributed by atoms with Crippen molar-refractivity contribution in [3.63, 3.8) is 0 Å². The fourth-order valence-corrected chi connectivity index (χ4v) is 16.0. The average Bonchev–Trinajstić information content (AvgIpc) is 0.689. The number of fused-ring (bicyclic) bond motifs is 4. The first-order chi connectivity index (χ1) is 49.3. The molecule has 2 aliphatic rings. The minimum Gasteiger partial charge on any atom is -0.311 e. The van der Waals surface area contributed by atoms with Crippen LogP contribution in [0.1, 0.15) is 128 Å². The second-order valence-electron chi connectivity index (χ2n) is 32.9. The maximum absolute atomic E-state index is 2.67. The third kappa shape index (κ3) is 12.8. The van der Waals surface area contributed by atoms with Crippen LogP contribution in [0.4, 0.5) is 68.2 Å². The molecule has 2 aliphatic heterocycles. The van der Waals surface area contributed by atoms with E-state index in [0.29, 0.717) is 0 Å². The van der Waals surface area contributed by atoms with E-state index in [4.69, 9.17) is 0 Å². The molecular weight excluding hydrogens is 1240 g/mol. The van der Waals surface area contributed by atoms with Crippen molar-refractivity contribution in [3.05, 3.63) is 330 Å². The number of aryl methyl sites for hydroxylation is 4. The summed E-state index contributed by atoms with van der Waals surface area (Å²) in [4.78, 5) is 10.3. The third-order valence-corrected chi connectivity index (χ3v) is 21.5. The van der Waals surface area contributed by atoms with Crippen molar-refractivity contribution >= 4 is 91.3 Å². The summed E-state index contributed by atoms with van der Waals surface area (Å²) in [6.07, 6.45) is 0. The molecule has 0 amide bonds. The van der Waals surface area contributed by atoms with Gasteiger partial charge < -0.3 is 19.6 Å². The van der Waals surface area contributed by atoms with Crippen LogP contribution in [0.2, 0.25) is 0 Å². The lowest BCUT2D eigenvalue weighted by atomic mass is 9.33. The zero-order valence-electron chi connectivity index (χ0n) is 63.0. The lowest BCUT2D eigenvalue weighted by molar-refractivity contribution is 0.590. The van der Waals surface area contributed by atoms with Gasteiger partial charge in [-0.05, 0) is 252 Å². The molecule has 15 rings (SSSR count). The van der Waals surface area contributed by atoms with E-state index in [1.165, 1.54) is 94.5 Å². The number of benzene rings is 13. The maximum atomic E-state index is 2.67. The van der Waals surface area contributed by atoms with Gasteiger partial charge in [0.2, 0.25) is 0 Å². The highest BCUT2D eigenvalue weighted by Crippen LogP contribution is 2.53. The highest BCUT2D eigenvalue weighted by atomic mass is 15.2. The highest BCUT2D eigenvalue weighted by molar-refractivity contribution is 7.00. The zero-order valence-corrected chi connectivity index (χ0v) is 63.0. The van der Waals surface area contributed by atoms with Crippen molar-refractivity contribution in [2.24, 2.45) is 0 Å². The summed E-state index contributed by atoms with van der Waals surface area (Å²) >= 11 is 0. The van der Waals surface area contributed by atoms with Crippen LogP contribution in [0.3, 0.4) is 0 Å². The van der Waals surface area contributed by atoms with Gasteiger partial charge in [0.1, 0.15) is 0 Å². The normalized spacial score (nSPS) is 12.8. The molecule has 0 saturated heterocycles. The van der Waals surface area contributed by atoms with Gasteiger partial charge in [-0.25, -0.2) is 0 Å². The molecule has 0 spiro atoms. The quantitative estimate of drug-likeness (QED) is 0.113. The summed E-state index contributed by atoms with van der Waals surface area (Å²) in [6.45, 7) is 36.7. The van der Waals surface area contributed by atoms with Gasteiger partial charge in [-0.15, -0.1) is 0 Å². The SMILES string of the molecule is Cc1cc(-c2ccccc2)cc(C)c1N1c2cc(N(c3ccc(C(C)(C)C)cc3)c3ccc(C(C)(C)C)cc3)ccc2B2c3ccc(N(c4ccc(C(C)(C)C)cc4)c4ccccc4-c4ccccc4)cc3N(c3c(C)cc(-c4ccccc4)cc3C)c3cc(-c4ccc(C(C)(C)C)cc4)cc1c32. The van der Waals surface area contributed by atoms with E-state index in [9.17, 15) is 0 Å². The van der Waals surface area contributed by atoms with Crippen molar-refractivity contribution in [1.29, 1.82) is 0 Å². The minimum absolute atomic E-state index is 0.0200. The van der Waals surface area contributed by atoms with Crippen LogP contribution in [0.5, 0.6) is 0 Å². The number of anilines is 12. The van der Waals surface area contributed by atoms with Gasteiger partial charge >= 0.3 is 0 Å². The standard InChI is InChI=1S/C98H95BN4/c1-64-56-72(68-28-20-17-21-29-68)57-65(2)93(64)102-88-62-82(100(79-46-40-76(41-47-79)96(8,9)10)80-48-42-77(43-49-80)97(11,12)13)52-54-85(88)99-86-55-53-83(101(81-50-44-78(45-51-81)98(14,15)16)87-35-27-26-34-84(87)71-32-24-19-25-33-71)63-89(86)103(94-66(3)58-73(59-67(94)4)69-30-22-18-23-31-69)91-61-74(60-90(102)92(91)99)70-36-38-75(39-37-70)95(5,6)7/h17-63H,1-16H3. The molecule has 13 aromatic carbocycles. The van der Waals surface area contributed by atoms with Crippen LogP contribution < -0.4 is 36.0 Å². The van der Waals surface area contributed by atoms with Gasteiger partial charge in [-0.3, -0.25) is 0 Å². The average molecular weight is 1340 g/mol. The van der Waals surface area contributed by atoms with Crippen LogP contribution in [0.25, 0.3) is 44.5 Å². The Balaban J connectivity index is 1.06. The van der Waals surface area contributed by atoms with E-state index in [2.05, 4.69) is 415 Å². The lowest BCUT2D eigenvalue weighted by Gasteiger charge is -2.46. The molecule has 0 aromatic heterocycles. The van der Waals surface area contributed by atoms with Crippen LogP contribution >= 0.6 is 0 Å². The molecule has 0 saturated carbocycles. The Hall–Kier alpha value is -10.9. The maximum Gasteiger partial charge on any atom is 0.252 e. The van der Waals surface area contributed by atoms with Crippen LogP contribution in [-0.4, -0.2) is 6.71 Å². The van der Waals surface area contributed by atoms with Gasteiger partial charge in [-0.1, -0.05) is 265 Å². The molecule has 0 unspecified atom stereocenters. The minimum atomic E-state index is -0.210. The van der Waals surface area contributed by atoms with Crippen LogP contribution in [0, 0.1) is 27.7 Å². The Morgan fingerprint density at radius 1 is 0.252 bits per heavy atom. The third-order valence-electron chi connectivity index (χ3n) is 21.5. The smallest absolute Gasteiger partial charge is 0.252 e. The molecule has 510 valence electrons. The van der Waals surface area contributed by atoms with E-state index < -0.39 is 0 Å². The first-order valence-electron chi connectivity index (χ1n) is 36.8. The molecule has 0 aliphatic carbocycles. The van der Waals surface area contributed by atoms with Crippen LogP contribution in [0.15, 0.2) is 285 Å². The Kier molecular flexibility index (Phi) is 17.3. The fraction of sp³-hybridized carbons (Fsp3) is 0.204. The largest absolute Gasteiger partial charge is 0.311 e. The first kappa shape index (κ1) is 67.9. The predicted molar refractivity (Wildman–Crippen MR) is 445 cm³/mol. The molecule has 103 heavy (non-hydrogen) atoms. The van der Waals surface area contributed by atoms with Crippen LogP contribution in [-0.2, 0) is 21.7 Å². The molecule has 5 heteroatoms. The van der Waals surface area contributed by atoms with E-state index in [1.807, 2.05) is 0 Å². The van der Waals surface area contributed by atoms with E-state index in [0.717, 1.165) is 79.1 Å². The van der Waals surface area contributed by atoms with Crippen molar-refractivity contribution in [2.75, 3.05) is 19.6 Å². The van der Waals surface area contributed by atoms with Crippen molar-refractivity contribution < 1.29 is 0 Å². The molecule has 0 atom stereocenters. The lowest BCUT2D eigenvalue weighted by Crippen LogP contribution is -2.61. The van der Waals surface area contributed by atoms with Gasteiger partial charge in [0.15, 0.2) is 0 Å². The number of hydrogen-bond acceptors (Lipinski definition) is 4. The Labute approximate surface area is 613 Å². The van der Waals surface area contributed by atoms with Gasteiger partial charge in [0.05, 0.1) is 17.1 Å². The molecule has 13 aromatic rings. The molecule has 0 fully saturated rings. The Morgan fingerprint density at radius 2 is 0.553 bits per heavy atom. The number of hydrogen-bond donors (Lipinski definition) is 0. The van der Waals surface area contributed by atoms with E-state index in [1.54, 1.807) is 0 Å². The summed E-state index contributed by atoms with van der Waals surface area (Å²) in [5.74, 6) is 0. The van der Waals surface area contributed by atoms with Gasteiger partial charge in [0.25, 0.3) is 6.71 Å². The summed E-state index contributed by atoms with van der Waals surface area (Å²) in [7, 11) is 0. The van der Waals surface area contributed by atoms with E-state index >= 15 is 0 Å². The first-order valence-corrected chi connectivity index (χ1v) is 36.8. The summed E-state index contributed by atoms with van der Waals surface area (Å²) in [5.41, 5.74) is 36.5. The molecular formula is C98H95BN4. The molecule has 0 bridgehead atoms. The van der Waals surface area contributed by atoms with Crippen molar-refractivity contribution in [3.8, 4) is 44.5 Å².